The number of ketones is 1. The third-order valence-electron chi connectivity index (χ3n) is 1.80. The second-order valence-electron chi connectivity index (χ2n) is 3.02. The Labute approximate surface area is 102 Å². The van der Waals surface area contributed by atoms with Crippen LogP contribution in [-0.2, 0) is 4.79 Å². The number of halogens is 2. The maximum absolute atomic E-state index is 11.0. The van der Waals surface area contributed by atoms with Gasteiger partial charge in [-0.25, -0.2) is 0 Å². The largest absolute Gasteiger partial charge is 0.312 e. The molecule has 0 N–H and O–H groups in total. The second kappa shape index (κ2) is 5.09. The van der Waals surface area contributed by atoms with Gasteiger partial charge in [-0.15, -0.1) is 0 Å². The van der Waals surface area contributed by atoms with Crippen LogP contribution in [0.5, 0.6) is 0 Å². The van der Waals surface area contributed by atoms with Gasteiger partial charge in [0.1, 0.15) is 0 Å². The lowest BCUT2D eigenvalue weighted by Gasteiger charge is -1.98. The monoisotopic (exact) mass is 259 g/mol. The summed E-state index contributed by atoms with van der Waals surface area (Å²) in [6.07, 6.45) is 1.16. The van der Waals surface area contributed by atoms with Crippen molar-refractivity contribution >= 4 is 35.1 Å². The molecule has 1 aromatic carbocycles. The van der Waals surface area contributed by atoms with E-state index in [-0.39, 0.29) is 5.02 Å². The fourth-order valence-corrected chi connectivity index (χ4v) is 1.35. The summed E-state index contributed by atoms with van der Waals surface area (Å²) in [4.78, 5) is 20.8. The van der Waals surface area contributed by atoms with Crippen molar-refractivity contribution in [3.8, 4) is 0 Å². The van der Waals surface area contributed by atoms with Crippen LogP contribution in [0.25, 0.3) is 6.08 Å². The maximum Gasteiger partial charge on any atom is 0.312 e. The molecule has 0 atom stereocenters. The summed E-state index contributed by atoms with van der Waals surface area (Å²) in [5, 5.41) is 11.2. The molecular weight excluding hydrogens is 253 g/mol. The number of nitrogens with zero attached hydrogens (tertiary/aromatic N) is 1. The molecule has 0 aliphatic carbocycles. The first-order valence-corrected chi connectivity index (χ1v) is 4.99. The van der Waals surface area contributed by atoms with Gasteiger partial charge in [0.25, 0.3) is 0 Å². The Morgan fingerprint density at radius 1 is 1.38 bits per heavy atom. The van der Waals surface area contributed by atoms with E-state index in [1.165, 1.54) is 12.1 Å². The van der Waals surface area contributed by atoms with Gasteiger partial charge in [0, 0.05) is 13.0 Å². The normalized spacial score (nSPS) is 11.3. The van der Waals surface area contributed by atoms with Crippen LogP contribution in [0, 0.1) is 10.1 Å². The van der Waals surface area contributed by atoms with Crippen molar-refractivity contribution in [1.82, 2.24) is 0 Å². The highest BCUT2D eigenvalue weighted by Gasteiger charge is 2.16. The quantitative estimate of drug-likeness (QED) is 0.476. The van der Waals surface area contributed by atoms with Crippen molar-refractivity contribution in [2.75, 3.05) is 0 Å². The van der Waals surface area contributed by atoms with Gasteiger partial charge in [0.05, 0.1) is 15.0 Å². The lowest BCUT2D eigenvalue weighted by molar-refractivity contribution is -0.417. The molecule has 0 aliphatic heterocycles. The van der Waals surface area contributed by atoms with Gasteiger partial charge in [-0.05, 0) is 17.7 Å². The SMILES string of the molecule is CC(=O)/C(=C/c1ccc(Cl)c(Cl)c1)[N+](=O)[O-]. The molecule has 0 saturated heterocycles. The van der Waals surface area contributed by atoms with Crippen LogP contribution in [0.4, 0.5) is 0 Å². The molecule has 0 amide bonds. The number of rotatable bonds is 3. The molecule has 16 heavy (non-hydrogen) atoms. The lowest BCUT2D eigenvalue weighted by atomic mass is 10.1. The minimum absolute atomic E-state index is 0.279. The summed E-state index contributed by atoms with van der Waals surface area (Å²) < 4.78 is 0. The molecule has 0 fully saturated rings. The first-order valence-electron chi connectivity index (χ1n) is 4.24. The molecule has 4 nitrogen and oxygen atoms in total. The van der Waals surface area contributed by atoms with E-state index in [1.54, 1.807) is 6.07 Å². The number of allylic oxidation sites excluding steroid dienone is 1. The zero-order chi connectivity index (χ0) is 12.3. The van der Waals surface area contributed by atoms with Gasteiger partial charge in [-0.3, -0.25) is 14.9 Å². The second-order valence-corrected chi connectivity index (χ2v) is 3.83. The summed E-state index contributed by atoms with van der Waals surface area (Å²) in [5.41, 5.74) is -0.0327. The highest BCUT2D eigenvalue weighted by Crippen LogP contribution is 2.23. The number of carbonyl (C=O) groups is 1. The Morgan fingerprint density at radius 2 is 2.00 bits per heavy atom. The van der Waals surface area contributed by atoms with Crippen LogP contribution < -0.4 is 0 Å². The van der Waals surface area contributed by atoms with E-state index in [2.05, 4.69) is 0 Å². The summed E-state index contributed by atoms with van der Waals surface area (Å²) >= 11 is 11.4. The molecule has 0 aromatic heterocycles. The van der Waals surface area contributed by atoms with Gasteiger partial charge in [-0.1, -0.05) is 29.3 Å². The van der Waals surface area contributed by atoms with E-state index < -0.39 is 16.4 Å². The van der Waals surface area contributed by atoms with Gasteiger partial charge in [0.15, 0.2) is 0 Å². The van der Waals surface area contributed by atoms with Crippen LogP contribution >= 0.6 is 23.2 Å². The van der Waals surface area contributed by atoms with Gasteiger partial charge < -0.3 is 0 Å². The fourth-order valence-electron chi connectivity index (χ4n) is 1.04. The molecular formula is C10H7Cl2NO3. The Hall–Kier alpha value is -1.39. The fraction of sp³-hybridized carbons (Fsp3) is 0.100. The van der Waals surface area contributed by atoms with Crippen LogP contribution in [0.2, 0.25) is 10.0 Å². The molecule has 1 aromatic rings. The van der Waals surface area contributed by atoms with Crippen LogP contribution in [0.3, 0.4) is 0 Å². The van der Waals surface area contributed by atoms with Crippen molar-refractivity contribution in [1.29, 1.82) is 0 Å². The maximum atomic E-state index is 11.0. The zero-order valence-corrected chi connectivity index (χ0v) is 9.75. The third-order valence-corrected chi connectivity index (χ3v) is 2.54. The van der Waals surface area contributed by atoms with Gasteiger partial charge in [0.2, 0.25) is 5.78 Å². The molecule has 0 unspecified atom stereocenters. The topological polar surface area (TPSA) is 60.2 Å². The predicted molar refractivity (Wildman–Crippen MR) is 62.1 cm³/mol. The number of carbonyl (C=O) groups excluding carboxylic acids is 1. The minimum atomic E-state index is -0.731. The summed E-state index contributed by atoms with van der Waals surface area (Å²) in [5.74, 6) is -0.615. The molecule has 0 aliphatic rings. The predicted octanol–water partition coefficient (Wildman–Crippen LogP) is 3.20. The van der Waals surface area contributed by atoms with Crippen LogP contribution in [-0.4, -0.2) is 10.7 Å². The van der Waals surface area contributed by atoms with Crippen molar-refractivity contribution in [2.24, 2.45) is 0 Å². The Bertz CT molecular complexity index is 467. The van der Waals surface area contributed by atoms with E-state index in [4.69, 9.17) is 23.2 Å². The molecule has 1 rings (SSSR count). The molecule has 0 heterocycles. The van der Waals surface area contributed by atoms with E-state index in [0.29, 0.717) is 10.6 Å². The molecule has 0 radical (unpaired) electrons. The number of benzene rings is 1. The van der Waals surface area contributed by atoms with Crippen LogP contribution in [0.1, 0.15) is 12.5 Å². The summed E-state index contributed by atoms with van der Waals surface area (Å²) in [6, 6.07) is 4.50. The molecule has 0 spiro atoms. The van der Waals surface area contributed by atoms with Gasteiger partial charge >= 0.3 is 5.70 Å². The molecule has 6 heteroatoms. The highest BCUT2D eigenvalue weighted by atomic mass is 35.5. The molecule has 0 saturated carbocycles. The summed E-state index contributed by atoms with van der Waals surface area (Å²) in [7, 11) is 0. The number of hydrogen-bond donors (Lipinski definition) is 0. The number of nitro groups is 1. The first kappa shape index (κ1) is 12.7. The average molecular weight is 260 g/mol. The van der Waals surface area contributed by atoms with Crippen LogP contribution in [0.15, 0.2) is 23.9 Å². The van der Waals surface area contributed by atoms with Crippen molar-refractivity contribution in [3.05, 3.63) is 49.6 Å². The van der Waals surface area contributed by atoms with E-state index in [9.17, 15) is 14.9 Å². The van der Waals surface area contributed by atoms with Crippen molar-refractivity contribution in [2.45, 2.75) is 6.92 Å². The third kappa shape index (κ3) is 3.05. The molecule has 0 bridgehead atoms. The Kier molecular flexibility index (Phi) is 4.04. The average Bonchev–Trinajstić information content (AvgIpc) is 2.18. The standard InChI is InChI=1S/C10H7Cl2NO3/c1-6(14)10(13(15)16)5-7-2-3-8(11)9(12)4-7/h2-5H,1H3/b10-5-. The highest BCUT2D eigenvalue weighted by molar-refractivity contribution is 6.42. The smallest absolute Gasteiger partial charge is 0.288 e. The van der Waals surface area contributed by atoms with E-state index >= 15 is 0 Å². The summed E-state index contributed by atoms with van der Waals surface area (Å²) in [6.45, 7) is 1.13. The zero-order valence-electron chi connectivity index (χ0n) is 8.24. The van der Waals surface area contributed by atoms with E-state index in [1.807, 2.05) is 0 Å². The Balaban J connectivity index is 3.18. The lowest BCUT2D eigenvalue weighted by Crippen LogP contribution is -2.07. The minimum Gasteiger partial charge on any atom is -0.288 e. The number of Topliss-reactive ketones (excluding diaryl/α,β-unsaturated/α-hetero) is 1. The first-order chi connectivity index (χ1) is 7.41. The molecule has 84 valence electrons. The van der Waals surface area contributed by atoms with Gasteiger partial charge in [-0.2, -0.15) is 0 Å². The van der Waals surface area contributed by atoms with E-state index in [0.717, 1.165) is 13.0 Å². The number of hydrogen-bond acceptors (Lipinski definition) is 3. The van der Waals surface area contributed by atoms with Crippen molar-refractivity contribution < 1.29 is 9.72 Å². The Morgan fingerprint density at radius 3 is 2.44 bits per heavy atom. The van der Waals surface area contributed by atoms with Crippen molar-refractivity contribution in [3.63, 3.8) is 0 Å².